The van der Waals surface area contributed by atoms with E-state index in [0.29, 0.717) is 0 Å². The molecule has 3 heteroatoms. The van der Waals surface area contributed by atoms with Crippen LogP contribution in [-0.2, 0) is 4.74 Å². The zero-order valence-corrected chi connectivity index (χ0v) is 10.4. The van der Waals surface area contributed by atoms with E-state index >= 15 is 0 Å². The fourth-order valence-electron chi connectivity index (χ4n) is 2.00. The molecule has 3 rings (SSSR count). The van der Waals surface area contributed by atoms with Crippen molar-refractivity contribution in [3.05, 3.63) is 69.7 Å². The fourth-order valence-corrected chi connectivity index (χ4v) is 2.48. The lowest BCUT2D eigenvalue weighted by Crippen LogP contribution is -1.86. The zero-order chi connectivity index (χ0) is 11.8. The molecule has 0 radical (unpaired) electrons. The predicted octanol–water partition coefficient (Wildman–Crippen LogP) is 4.81. The maximum atomic E-state index is 6.14. The van der Waals surface area contributed by atoms with Gasteiger partial charge in [-0.2, -0.15) is 0 Å². The highest BCUT2D eigenvalue weighted by molar-refractivity contribution is 6.32. The average Bonchev–Trinajstić information content (AvgIpc) is 3.10. The summed E-state index contributed by atoms with van der Waals surface area (Å²) in [6.07, 6.45) is 0.0622. The van der Waals surface area contributed by atoms with Gasteiger partial charge in [0.1, 0.15) is 12.2 Å². The number of rotatable bonds is 2. The Hall–Kier alpha value is -1.02. The molecular formula is C14H10Cl2O. The normalized spacial score (nSPS) is 22.5. The number of epoxide rings is 1. The molecule has 2 aromatic rings. The van der Waals surface area contributed by atoms with Gasteiger partial charge >= 0.3 is 0 Å². The number of benzene rings is 2. The summed E-state index contributed by atoms with van der Waals surface area (Å²) in [6, 6.07) is 15.5. The third-order valence-electron chi connectivity index (χ3n) is 2.92. The van der Waals surface area contributed by atoms with Crippen molar-refractivity contribution in [1.82, 2.24) is 0 Å². The Morgan fingerprint density at radius 2 is 1.12 bits per heavy atom. The van der Waals surface area contributed by atoms with Gasteiger partial charge in [-0.3, -0.25) is 0 Å². The van der Waals surface area contributed by atoms with Gasteiger partial charge in [0.2, 0.25) is 0 Å². The molecule has 0 aliphatic carbocycles. The molecule has 86 valence electrons. The third kappa shape index (κ3) is 2.06. The summed E-state index contributed by atoms with van der Waals surface area (Å²) < 4.78 is 5.68. The van der Waals surface area contributed by atoms with E-state index in [0.717, 1.165) is 21.2 Å². The summed E-state index contributed by atoms with van der Waals surface area (Å²) in [7, 11) is 0. The number of halogens is 2. The number of hydrogen-bond donors (Lipinski definition) is 0. The van der Waals surface area contributed by atoms with Crippen LogP contribution in [0.4, 0.5) is 0 Å². The van der Waals surface area contributed by atoms with Crippen molar-refractivity contribution >= 4 is 23.2 Å². The molecule has 0 saturated carbocycles. The second kappa shape index (κ2) is 4.34. The molecule has 1 aliphatic rings. The van der Waals surface area contributed by atoms with Crippen molar-refractivity contribution in [2.45, 2.75) is 12.2 Å². The molecule has 2 unspecified atom stereocenters. The van der Waals surface area contributed by atoms with E-state index in [1.165, 1.54) is 0 Å². The number of ether oxygens (including phenoxy) is 1. The Bertz CT molecular complexity index is 504. The van der Waals surface area contributed by atoms with Gasteiger partial charge in [0.05, 0.1) is 0 Å². The Morgan fingerprint density at radius 3 is 1.53 bits per heavy atom. The average molecular weight is 265 g/mol. The lowest BCUT2D eigenvalue weighted by molar-refractivity contribution is 0.378. The lowest BCUT2D eigenvalue weighted by atomic mass is 10.0. The molecule has 2 aromatic carbocycles. The standard InChI is InChI=1S/C14H10Cl2O/c15-11-7-3-1-5-9(11)13-14(17-13)10-6-2-4-8-12(10)16/h1-8,13-14H. The summed E-state index contributed by atoms with van der Waals surface area (Å²) in [4.78, 5) is 0. The summed E-state index contributed by atoms with van der Waals surface area (Å²) >= 11 is 12.3. The van der Waals surface area contributed by atoms with Crippen molar-refractivity contribution in [2.75, 3.05) is 0 Å². The van der Waals surface area contributed by atoms with Crippen LogP contribution in [0.2, 0.25) is 10.0 Å². The Balaban J connectivity index is 1.89. The summed E-state index contributed by atoms with van der Waals surface area (Å²) in [5, 5.41) is 1.49. The van der Waals surface area contributed by atoms with Crippen LogP contribution in [0.5, 0.6) is 0 Å². The van der Waals surface area contributed by atoms with E-state index in [-0.39, 0.29) is 12.2 Å². The maximum absolute atomic E-state index is 6.14. The Morgan fingerprint density at radius 1 is 0.706 bits per heavy atom. The monoisotopic (exact) mass is 264 g/mol. The topological polar surface area (TPSA) is 12.5 Å². The molecule has 2 atom stereocenters. The largest absolute Gasteiger partial charge is 0.359 e. The van der Waals surface area contributed by atoms with E-state index in [4.69, 9.17) is 27.9 Å². The predicted molar refractivity (Wildman–Crippen MR) is 69.5 cm³/mol. The van der Waals surface area contributed by atoms with Gasteiger partial charge in [0.15, 0.2) is 0 Å². The first kappa shape index (κ1) is 11.1. The van der Waals surface area contributed by atoms with Gasteiger partial charge in [-0.25, -0.2) is 0 Å². The summed E-state index contributed by atoms with van der Waals surface area (Å²) in [5.41, 5.74) is 2.05. The van der Waals surface area contributed by atoms with Gasteiger partial charge in [-0.15, -0.1) is 0 Å². The molecule has 0 amide bonds. The maximum Gasteiger partial charge on any atom is 0.115 e. The van der Waals surface area contributed by atoms with E-state index < -0.39 is 0 Å². The zero-order valence-electron chi connectivity index (χ0n) is 8.94. The molecule has 1 fully saturated rings. The van der Waals surface area contributed by atoms with Crippen LogP contribution >= 0.6 is 23.2 Å². The molecule has 0 spiro atoms. The van der Waals surface area contributed by atoms with Gasteiger partial charge in [0.25, 0.3) is 0 Å². The summed E-state index contributed by atoms with van der Waals surface area (Å²) in [6.45, 7) is 0. The minimum absolute atomic E-state index is 0.0311. The van der Waals surface area contributed by atoms with Crippen LogP contribution in [0.15, 0.2) is 48.5 Å². The molecule has 0 N–H and O–H groups in total. The SMILES string of the molecule is Clc1ccccc1C1OC1c1ccccc1Cl. The van der Waals surface area contributed by atoms with E-state index in [1.54, 1.807) is 0 Å². The van der Waals surface area contributed by atoms with E-state index in [1.807, 2.05) is 48.5 Å². The van der Waals surface area contributed by atoms with Gasteiger partial charge < -0.3 is 4.74 Å². The van der Waals surface area contributed by atoms with Crippen molar-refractivity contribution in [2.24, 2.45) is 0 Å². The molecule has 17 heavy (non-hydrogen) atoms. The second-order valence-corrected chi connectivity index (χ2v) is 4.83. The highest BCUT2D eigenvalue weighted by Gasteiger charge is 2.43. The summed E-state index contributed by atoms with van der Waals surface area (Å²) in [5.74, 6) is 0. The minimum Gasteiger partial charge on any atom is -0.359 e. The first-order valence-corrected chi connectivity index (χ1v) is 6.17. The molecular weight excluding hydrogens is 255 g/mol. The second-order valence-electron chi connectivity index (χ2n) is 4.02. The number of hydrogen-bond acceptors (Lipinski definition) is 1. The van der Waals surface area contributed by atoms with E-state index in [9.17, 15) is 0 Å². The smallest absolute Gasteiger partial charge is 0.115 e. The van der Waals surface area contributed by atoms with Crippen molar-refractivity contribution in [3.8, 4) is 0 Å². The first-order chi connectivity index (χ1) is 8.27. The Kier molecular flexibility index (Phi) is 2.83. The van der Waals surface area contributed by atoms with Crippen LogP contribution in [-0.4, -0.2) is 0 Å². The van der Waals surface area contributed by atoms with Crippen LogP contribution in [0.1, 0.15) is 23.3 Å². The molecule has 1 heterocycles. The van der Waals surface area contributed by atoms with Crippen molar-refractivity contribution in [3.63, 3.8) is 0 Å². The highest BCUT2D eigenvalue weighted by atomic mass is 35.5. The van der Waals surface area contributed by atoms with E-state index in [2.05, 4.69) is 0 Å². The quantitative estimate of drug-likeness (QED) is 0.710. The van der Waals surface area contributed by atoms with Crippen LogP contribution in [0, 0.1) is 0 Å². The van der Waals surface area contributed by atoms with Crippen molar-refractivity contribution in [1.29, 1.82) is 0 Å². The highest BCUT2D eigenvalue weighted by Crippen LogP contribution is 2.53. The fraction of sp³-hybridized carbons (Fsp3) is 0.143. The van der Waals surface area contributed by atoms with Crippen LogP contribution in [0.25, 0.3) is 0 Å². The molecule has 1 nitrogen and oxygen atoms in total. The molecule has 1 saturated heterocycles. The molecule has 1 aliphatic heterocycles. The Labute approximate surface area is 110 Å². The molecule has 0 bridgehead atoms. The van der Waals surface area contributed by atoms with Crippen LogP contribution in [0.3, 0.4) is 0 Å². The van der Waals surface area contributed by atoms with Gasteiger partial charge in [0, 0.05) is 21.2 Å². The lowest BCUT2D eigenvalue weighted by Gasteiger charge is -2.01. The first-order valence-electron chi connectivity index (χ1n) is 5.41. The third-order valence-corrected chi connectivity index (χ3v) is 3.60. The molecule has 0 aromatic heterocycles. The van der Waals surface area contributed by atoms with Gasteiger partial charge in [-0.1, -0.05) is 59.6 Å². The van der Waals surface area contributed by atoms with Gasteiger partial charge in [-0.05, 0) is 12.1 Å². The van der Waals surface area contributed by atoms with Crippen LogP contribution < -0.4 is 0 Å². The minimum atomic E-state index is 0.0311. The van der Waals surface area contributed by atoms with Crippen molar-refractivity contribution < 1.29 is 4.74 Å².